The van der Waals surface area contributed by atoms with E-state index in [4.69, 9.17) is 0 Å². The molecule has 1 fully saturated rings. The molecule has 0 aliphatic heterocycles. The lowest BCUT2D eigenvalue weighted by Crippen LogP contribution is -2.34. The second-order valence-corrected chi connectivity index (χ2v) is 5.49. The van der Waals surface area contributed by atoms with Crippen molar-refractivity contribution in [3.63, 3.8) is 0 Å². The smallest absolute Gasteiger partial charge is 0.223 e. The highest BCUT2D eigenvalue weighted by molar-refractivity contribution is 7.08. The summed E-state index contributed by atoms with van der Waals surface area (Å²) < 4.78 is 0. The van der Waals surface area contributed by atoms with Gasteiger partial charge in [-0.15, -0.1) is 0 Å². The van der Waals surface area contributed by atoms with Crippen LogP contribution in [0.1, 0.15) is 25.0 Å². The first-order valence-corrected chi connectivity index (χ1v) is 7.39. The van der Waals surface area contributed by atoms with E-state index in [0.717, 1.165) is 29.8 Å². The van der Waals surface area contributed by atoms with Gasteiger partial charge in [-0.25, -0.2) is 0 Å². The molecular weight excluding hydrogens is 258 g/mol. The topological polar surface area (TPSA) is 54.9 Å². The number of rotatable bonds is 4. The van der Waals surface area contributed by atoms with Crippen molar-refractivity contribution in [2.75, 3.05) is 0 Å². The maximum atomic E-state index is 11.8. The average molecular weight is 273 g/mol. The summed E-state index contributed by atoms with van der Waals surface area (Å²) in [5.74, 6) is 0.356. The number of aromatic nitrogens is 2. The molecule has 4 nitrogen and oxygen atoms in total. The van der Waals surface area contributed by atoms with Crippen LogP contribution in [0.2, 0.25) is 0 Å². The fourth-order valence-corrected chi connectivity index (χ4v) is 2.76. The summed E-state index contributed by atoms with van der Waals surface area (Å²) in [6.07, 6.45) is 6.56. The molecular formula is C14H15N3OS. The Morgan fingerprint density at radius 1 is 1.37 bits per heavy atom. The van der Waals surface area contributed by atoms with Gasteiger partial charge in [0, 0.05) is 29.3 Å². The van der Waals surface area contributed by atoms with Crippen molar-refractivity contribution < 1.29 is 4.79 Å². The van der Waals surface area contributed by atoms with Gasteiger partial charge in [0.2, 0.25) is 5.91 Å². The van der Waals surface area contributed by atoms with Crippen LogP contribution in [0.4, 0.5) is 0 Å². The zero-order valence-electron chi connectivity index (χ0n) is 10.5. The van der Waals surface area contributed by atoms with E-state index in [1.807, 2.05) is 16.8 Å². The first-order valence-electron chi connectivity index (χ1n) is 6.45. The van der Waals surface area contributed by atoms with E-state index in [2.05, 4.69) is 15.3 Å². The summed E-state index contributed by atoms with van der Waals surface area (Å²) in [4.78, 5) is 20.5. The Kier molecular flexibility index (Phi) is 3.55. The molecule has 5 heteroatoms. The number of carbonyl (C=O) groups is 1. The fraction of sp³-hybridized carbons (Fsp3) is 0.357. The van der Waals surface area contributed by atoms with Gasteiger partial charge in [0.15, 0.2) is 0 Å². The van der Waals surface area contributed by atoms with Crippen molar-refractivity contribution >= 4 is 17.2 Å². The fourth-order valence-electron chi connectivity index (χ4n) is 2.12. The lowest BCUT2D eigenvalue weighted by Gasteiger charge is -2.24. The zero-order chi connectivity index (χ0) is 13.1. The van der Waals surface area contributed by atoms with Crippen LogP contribution in [0.5, 0.6) is 0 Å². The summed E-state index contributed by atoms with van der Waals surface area (Å²) in [5, 5.41) is 7.02. The summed E-state index contributed by atoms with van der Waals surface area (Å²) in [6, 6.07) is 2.02. The largest absolute Gasteiger partial charge is 0.350 e. The Labute approximate surface area is 115 Å². The molecule has 0 spiro atoms. The number of hydrogen-bond acceptors (Lipinski definition) is 4. The van der Waals surface area contributed by atoms with Crippen LogP contribution in [0.3, 0.4) is 0 Å². The first-order chi connectivity index (χ1) is 9.34. The van der Waals surface area contributed by atoms with E-state index in [9.17, 15) is 4.79 Å². The van der Waals surface area contributed by atoms with Gasteiger partial charge in [-0.2, -0.15) is 11.3 Å². The molecule has 0 saturated heterocycles. The van der Waals surface area contributed by atoms with Crippen molar-refractivity contribution in [2.45, 2.75) is 25.8 Å². The lowest BCUT2D eigenvalue weighted by atomic mass is 9.85. The van der Waals surface area contributed by atoms with Gasteiger partial charge in [0.05, 0.1) is 17.9 Å². The third kappa shape index (κ3) is 2.66. The first kappa shape index (κ1) is 12.3. The van der Waals surface area contributed by atoms with Crippen LogP contribution in [-0.2, 0) is 11.3 Å². The molecule has 1 N–H and O–H groups in total. The van der Waals surface area contributed by atoms with Gasteiger partial charge in [-0.1, -0.05) is 6.42 Å². The van der Waals surface area contributed by atoms with Crippen molar-refractivity contribution in [3.05, 3.63) is 34.9 Å². The van der Waals surface area contributed by atoms with E-state index >= 15 is 0 Å². The van der Waals surface area contributed by atoms with Crippen molar-refractivity contribution in [1.82, 2.24) is 15.3 Å². The second kappa shape index (κ2) is 5.48. The maximum absolute atomic E-state index is 11.8. The third-order valence-corrected chi connectivity index (χ3v) is 4.16. The molecule has 0 unspecified atom stereocenters. The molecule has 0 atom stereocenters. The highest BCUT2D eigenvalue weighted by atomic mass is 32.1. The normalized spacial score (nSPS) is 14.9. The highest BCUT2D eigenvalue weighted by Crippen LogP contribution is 2.26. The standard InChI is InChI=1S/C14H15N3OS/c18-14(10-2-1-3-10)17-8-12-13(16-6-5-15-12)11-4-7-19-9-11/h4-7,9-10H,1-3,8H2,(H,17,18). The van der Waals surface area contributed by atoms with Crippen LogP contribution in [0.25, 0.3) is 11.3 Å². The Hall–Kier alpha value is -1.75. The van der Waals surface area contributed by atoms with Crippen LogP contribution >= 0.6 is 11.3 Å². The minimum atomic E-state index is 0.146. The molecule has 1 aliphatic carbocycles. The molecule has 19 heavy (non-hydrogen) atoms. The van der Waals surface area contributed by atoms with Crippen molar-refractivity contribution in [2.24, 2.45) is 5.92 Å². The predicted octanol–water partition coefficient (Wildman–Crippen LogP) is 2.62. The zero-order valence-corrected chi connectivity index (χ0v) is 11.3. The van der Waals surface area contributed by atoms with Gasteiger partial charge in [-0.05, 0) is 24.3 Å². The molecule has 0 bridgehead atoms. The second-order valence-electron chi connectivity index (χ2n) is 4.71. The van der Waals surface area contributed by atoms with Gasteiger partial charge in [0.1, 0.15) is 0 Å². The van der Waals surface area contributed by atoms with Gasteiger partial charge < -0.3 is 5.32 Å². The third-order valence-electron chi connectivity index (χ3n) is 3.47. The number of nitrogens with zero attached hydrogens (tertiary/aromatic N) is 2. The molecule has 1 amide bonds. The van der Waals surface area contributed by atoms with Gasteiger partial charge in [0.25, 0.3) is 0 Å². The maximum Gasteiger partial charge on any atom is 0.223 e. The quantitative estimate of drug-likeness (QED) is 0.931. The summed E-state index contributed by atoms with van der Waals surface area (Å²) in [5.41, 5.74) is 2.75. The van der Waals surface area contributed by atoms with Crippen molar-refractivity contribution in [1.29, 1.82) is 0 Å². The highest BCUT2D eigenvalue weighted by Gasteiger charge is 2.25. The predicted molar refractivity (Wildman–Crippen MR) is 74.5 cm³/mol. The van der Waals surface area contributed by atoms with E-state index in [1.165, 1.54) is 6.42 Å². The number of hydrogen-bond donors (Lipinski definition) is 1. The lowest BCUT2D eigenvalue weighted by molar-refractivity contribution is -0.127. The summed E-state index contributed by atoms with van der Waals surface area (Å²) in [6.45, 7) is 0.453. The number of nitrogens with one attached hydrogen (secondary N) is 1. The van der Waals surface area contributed by atoms with Crippen LogP contribution < -0.4 is 5.32 Å². The van der Waals surface area contributed by atoms with Crippen LogP contribution in [0.15, 0.2) is 29.2 Å². The molecule has 2 heterocycles. The molecule has 0 radical (unpaired) electrons. The average Bonchev–Trinajstić information content (AvgIpc) is 2.88. The molecule has 3 rings (SSSR count). The molecule has 2 aromatic rings. The molecule has 1 saturated carbocycles. The number of amides is 1. The number of thiophene rings is 1. The SMILES string of the molecule is O=C(NCc1nccnc1-c1ccsc1)C1CCC1. The van der Waals surface area contributed by atoms with Crippen LogP contribution in [0, 0.1) is 5.92 Å². The minimum Gasteiger partial charge on any atom is -0.350 e. The molecule has 1 aliphatic rings. The minimum absolute atomic E-state index is 0.146. The Morgan fingerprint density at radius 3 is 2.89 bits per heavy atom. The molecule has 0 aromatic carbocycles. The summed E-state index contributed by atoms with van der Waals surface area (Å²) in [7, 11) is 0. The van der Waals surface area contributed by atoms with Gasteiger partial charge >= 0.3 is 0 Å². The molecule has 98 valence electrons. The monoisotopic (exact) mass is 273 g/mol. The van der Waals surface area contributed by atoms with Crippen LogP contribution in [-0.4, -0.2) is 15.9 Å². The van der Waals surface area contributed by atoms with E-state index in [0.29, 0.717) is 6.54 Å². The van der Waals surface area contributed by atoms with E-state index in [1.54, 1.807) is 23.7 Å². The Balaban J connectivity index is 1.72. The Morgan fingerprint density at radius 2 is 2.21 bits per heavy atom. The Bertz CT molecular complexity index is 564. The number of carbonyl (C=O) groups excluding carboxylic acids is 1. The van der Waals surface area contributed by atoms with Gasteiger partial charge in [-0.3, -0.25) is 14.8 Å². The molecule has 2 aromatic heterocycles. The van der Waals surface area contributed by atoms with E-state index in [-0.39, 0.29) is 11.8 Å². The van der Waals surface area contributed by atoms with E-state index < -0.39 is 0 Å². The van der Waals surface area contributed by atoms with Crippen molar-refractivity contribution in [3.8, 4) is 11.3 Å². The summed E-state index contributed by atoms with van der Waals surface area (Å²) >= 11 is 1.63.